The van der Waals surface area contributed by atoms with Crippen molar-refractivity contribution in [3.63, 3.8) is 0 Å². The Hall–Kier alpha value is -1.39. The molecule has 3 rings (SSSR count). The fraction of sp³-hybridized carbons (Fsp3) is 0.250. The van der Waals surface area contributed by atoms with Gasteiger partial charge in [-0.15, -0.1) is 12.4 Å². The molecule has 0 atom stereocenters. The molecule has 2 aromatic rings. The van der Waals surface area contributed by atoms with E-state index in [4.69, 9.17) is 0 Å². The highest BCUT2D eigenvalue weighted by molar-refractivity contribution is 5.85. The van der Waals surface area contributed by atoms with Crippen molar-refractivity contribution in [2.45, 2.75) is 13.0 Å². The summed E-state index contributed by atoms with van der Waals surface area (Å²) in [6.07, 6.45) is 2.78. The van der Waals surface area contributed by atoms with E-state index in [1.165, 1.54) is 17.8 Å². The van der Waals surface area contributed by atoms with E-state index in [-0.39, 0.29) is 18.2 Å². The number of fused-ring (bicyclic) bond motifs is 1. The topological polar surface area (TPSA) is 29.9 Å². The first-order chi connectivity index (χ1) is 7.84. The summed E-state index contributed by atoms with van der Waals surface area (Å²) in [7, 11) is 0. The maximum Gasteiger partial charge on any atom is 0.123 e. The zero-order valence-corrected chi connectivity index (χ0v) is 10.0. The van der Waals surface area contributed by atoms with Crippen LogP contribution < -0.4 is 5.32 Å². The number of benzene rings is 1. The second-order valence-electron chi connectivity index (χ2n) is 3.91. The van der Waals surface area contributed by atoms with Crippen molar-refractivity contribution in [3.05, 3.63) is 47.8 Å². The molecule has 0 radical (unpaired) electrons. The summed E-state index contributed by atoms with van der Waals surface area (Å²) >= 11 is 0. The molecule has 0 unspecified atom stereocenters. The Morgan fingerprint density at radius 3 is 2.76 bits per heavy atom. The average molecular weight is 254 g/mol. The van der Waals surface area contributed by atoms with Gasteiger partial charge in [-0.25, -0.2) is 9.37 Å². The Morgan fingerprint density at radius 2 is 2.00 bits per heavy atom. The van der Waals surface area contributed by atoms with E-state index in [0.717, 1.165) is 30.9 Å². The number of nitrogens with one attached hydrogen (secondary N) is 1. The van der Waals surface area contributed by atoms with Gasteiger partial charge in [-0.2, -0.15) is 0 Å². The summed E-state index contributed by atoms with van der Waals surface area (Å²) in [6.45, 7) is 1.80. The molecule has 0 aliphatic carbocycles. The van der Waals surface area contributed by atoms with Crippen LogP contribution in [0, 0.1) is 5.82 Å². The van der Waals surface area contributed by atoms with Gasteiger partial charge in [0.2, 0.25) is 0 Å². The summed E-state index contributed by atoms with van der Waals surface area (Å²) < 4.78 is 14.9. The predicted molar refractivity (Wildman–Crippen MR) is 66.2 cm³/mol. The molecule has 0 fully saturated rings. The highest BCUT2D eigenvalue weighted by atomic mass is 35.5. The number of hydrogen-bond donors (Lipinski definition) is 1. The molecule has 0 bridgehead atoms. The van der Waals surface area contributed by atoms with E-state index < -0.39 is 0 Å². The molecular formula is C12H13ClFN3. The fourth-order valence-electron chi connectivity index (χ4n) is 2.06. The molecular weight excluding hydrogens is 241 g/mol. The zero-order valence-electron chi connectivity index (χ0n) is 9.19. The van der Waals surface area contributed by atoms with Crippen LogP contribution >= 0.6 is 12.4 Å². The third-order valence-electron chi connectivity index (χ3n) is 2.89. The minimum atomic E-state index is -0.209. The summed E-state index contributed by atoms with van der Waals surface area (Å²) in [4.78, 5) is 4.36. The summed E-state index contributed by atoms with van der Waals surface area (Å²) in [5, 5.41) is 3.28. The van der Waals surface area contributed by atoms with Gasteiger partial charge in [-0.05, 0) is 24.3 Å². The molecule has 2 heterocycles. The van der Waals surface area contributed by atoms with Crippen molar-refractivity contribution in [1.82, 2.24) is 14.9 Å². The Bertz CT molecular complexity index is 507. The maximum atomic E-state index is 12.8. The molecule has 3 nitrogen and oxygen atoms in total. The summed E-state index contributed by atoms with van der Waals surface area (Å²) in [6, 6.07) is 6.50. The monoisotopic (exact) mass is 253 g/mol. The van der Waals surface area contributed by atoms with Crippen molar-refractivity contribution < 1.29 is 4.39 Å². The lowest BCUT2D eigenvalue weighted by molar-refractivity contribution is 0.618. The number of halogens is 2. The first kappa shape index (κ1) is 12.1. The van der Waals surface area contributed by atoms with E-state index in [1.54, 1.807) is 12.1 Å². The molecule has 17 heavy (non-hydrogen) atoms. The summed E-state index contributed by atoms with van der Waals surface area (Å²) in [5.74, 6) is -0.209. The highest BCUT2D eigenvalue weighted by Crippen LogP contribution is 2.17. The predicted octanol–water partition coefficient (Wildman–Crippen LogP) is 2.08. The third kappa shape index (κ3) is 2.18. The van der Waals surface area contributed by atoms with Gasteiger partial charge in [0.05, 0.1) is 12.0 Å². The maximum absolute atomic E-state index is 12.8. The Balaban J connectivity index is 0.00000108. The van der Waals surface area contributed by atoms with Crippen LogP contribution in [0.4, 0.5) is 4.39 Å². The van der Waals surface area contributed by atoms with Crippen LogP contribution in [0.1, 0.15) is 11.4 Å². The van der Waals surface area contributed by atoms with Crippen LogP contribution in [0.15, 0.2) is 30.6 Å². The van der Waals surface area contributed by atoms with Gasteiger partial charge in [0.15, 0.2) is 0 Å². The lowest BCUT2D eigenvalue weighted by Crippen LogP contribution is -2.24. The number of aromatic nitrogens is 2. The second-order valence-corrected chi connectivity index (χ2v) is 3.91. The molecule has 0 spiro atoms. The largest absolute Gasteiger partial charge is 0.311 e. The van der Waals surface area contributed by atoms with Gasteiger partial charge in [-0.1, -0.05) is 0 Å². The van der Waals surface area contributed by atoms with Gasteiger partial charge in [0.25, 0.3) is 0 Å². The third-order valence-corrected chi connectivity index (χ3v) is 2.89. The molecule has 0 saturated carbocycles. The Labute approximate surface area is 105 Å². The first-order valence-corrected chi connectivity index (χ1v) is 5.36. The van der Waals surface area contributed by atoms with E-state index in [0.29, 0.717) is 0 Å². The molecule has 1 aliphatic heterocycles. The van der Waals surface area contributed by atoms with E-state index in [9.17, 15) is 4.39 Å². The minimum Gasteiger partial charge on any atom is -0.311 e. The number of rotatable bonds is 1. The molecule has 1 aliphatic rings. The highest BCUT2D eigenvalue weighted by Gasteiger charge is 2.15. The van der Waals surface area contributed by atoms with Crippen LogP contribution in [0.3, 0.4) is 0 Å². The van der Waals surface area contributed by atoms with Crippen LogP contribution in [0.5, 0.6) is 0 Å². The van der Waals surface area contributed by atoms with Crippen LogP contribution in [-0.2, 0) is 13.0 Å². The number of imidazole rings is 1. The van der Waals surface area contributed by atoms with Crippen molar-refractivity contribution in [2.24, 2.45) is 0 Å². The van der Waals surface area contributed by atoms with Crippen LogP contribution in [0.25, 0.3) is 5.69 Å². The smallest absolute Gasteiger partial charge is 0.123 e. The molecule has 1 N–H and O–H groups in total. The quantitative estimate of drug-likeness (QED) is 0.843. The molecule has 5 heteroatoms. The van der Waals surface area contributed by atoms with Crippen molar-refractivity contribution >= 4 is 12.4 Å². The van der Waals surface area contributed by atoms with Crippen LogP contribution in [-0.4, -0.2) is 16.1 Å². The van der Waals surface area contributed by atoms with E-state index >= 15 is 0 Å². The Kier molecular flexibility index (Phi) is 3.45. The fourth-order valence-corrected chi connectivity index (χ4v) is 2.06. The van der Waals surface area contributed by atoms with Crippen molar-refractivity contribution in [2.75, 3.05) is 6.54 Å². The zero-order chi connectivity index (χ0) is 11.0. The van der Waals surface area contributed by atoms with Gasteiger partial charge >= 0.3 is 0 Å². The van der Waals surface area contributed by atoms with Crippen LogP contribution in [0.2, 0.25) is 0 Å². The Morgan fingerprint density at radius 1 is 1.24 bits per heavy atom. The number of nitrogens with zero attached hydrogens (tertiary/aromatic N) is 2. The van der Waals surface area contributed by atoms with Crippen molar-refractivity contribution in [3.8, 4) is 5.69 Å². The van der Waals surface area contributed by atoms with Gasteiger partial charge in [0.1, 0.15) is 5.82 Å². The minimum absolute atomic E-state index is 0. The summed E-state index contributed by atoms with van der Waals surface area (Å²) in [5.41, 5.74) is 3.29. The second kappa shape index (κ2) is 4.85. The lowest BCUT2D eigenvalue weighted by Gasteiger charge is -2.15. The molecule has 90 valence electrons. The van der Waals surface area contributed by atoms with Gasteiger partial charge in [-0.3, -0.25) is 0 Å². The number of hydrogen-bond acceptors (Lipinski definition) is 2. The average Bonchev–Trinajstić information content (AvgIpc) is 2.74. The van der Waals surface area contributed by atoms with Gasteiger partial charge < -0.3 is 9.88 Å². The molecule has 1 aromatic carbocycles. The standard InChI is InChI=1S/C12H12FN3.ClH/c13-9-1-3-10(4-2-9)16-8-15-11-7-14-6-5-12(11)16;/h1-4,8,14H,5-7H2;1H. The normalized spacial score (nSPS) is 13.9. The molecule has 0 saturated heterocycles. The lowest BCUT2D eigenvalue weighted by atomic mass is 10.1. The van der Waals surface area contributed by atoms with Gasteiger partial charge in [0, 0.05) is 30.9 Å². The van der Waals surface area contributed by atoms with E-state index in [2.05, 4.69) is 10.3 Å². The van der Waals surface area contributed by atoms with Crippen molar-refractivity contribution in [1.29, 1.82) is 0 Å². The SMILES string of the molecule is Cl.Fc1ccc(-n2cnc3c2CCNC3)cc1. The molecule has 0 amide bonds. The molecule has 1 aromatic heterocycles. The first-order valence-electron chi connectivity index (χ1n) is 5.36. The van der Waals surface area contributed by atoms with E-state index in [1.807, 2.05) is 10.9 Å².